The van der Waals surface area contributed by atoms with Gasteiger partial charge in [0.25, 0.3) is 0 Å². The number of rotatable bonds is 29. The fourth-order valence-electron chi connectivity index (χ4n) is 7.49. The van der Waals surface area contributed by atoms with Gasteiger partial charge in [-0.15, -0.1) is 0 Å². The van der Waals surface area contributed by atoms with Crippen LogP contribution in [0.3, 0.4) is 0 Å². The summed E-state index contributed by atoms with van der Waals surface area (Å²) in [5.41, 5.74) is 0.851. The molecule has 3 aliphatic heterocycles. The molecular formula is C43H70N4O23. The fourth-order valence-corrected chi connectivity index (χ4v) is 7.49. The van der Waals surface area contributed by atoms with Gasteiger partial charge in [-0.25, -0.2) is 0 Å². The number of amides is 3. The van der Waals surface area contributed by atoms with E-state index in [0.29, 0.717) is 19.3 Å². The summed E-state index contributed by atoms with van der Waals surface area (Å²) in [5, 5.41) is 128. The van der Waals surface area contributed by atoms with Gasteiger partial charge in [0.2, 0.25) is 17.7 Å². The summed E-state index contributed by atoms with van der Waals surface area (Å²) in [6, 6.07) is 8.10. The Balaban J connectivity index is 1.36. The first-order valence-electron chi connectivity index (χ1n) is 23.0. The molecular weight excluding hydrogens is 940 g/mol. The van der Waals surface area contributed by atoms with Crippen LogP contribution in [-0.4, -0.2) is 260 Å². The predicted molar refractivity (Wildman–Crippen MR) is 233 cm³/mol. The Kier molecular flexibility index (Phi) is 25.6. The van der Waals surface area contributed by atoms with Gasteiger partial charge in [-0.05, 0) is 24.8 Å². The van der Waals surface area contributed by atoms with E-state index >= 15 is 0 Å². The molecule has 4 rings (SSSR count). The number of nitrogens with zero attached hydrogens (tertiary/aromatic N) is 1. The van der Waals surface area contributed by atoms with Gasteiger partial charge in [0.15, 0.2) is 18.9 Å². The van der Waals surface area contributed by atoms with Gasteiger partial charge in [0, 0.05) is 19.5 Å². The van der Waals surface area contributed by atoms with Gasteiger partial charge >= 0.3 is 5.97 Å². The third kappa shape index (κ3) is 18.4. The SMILES string of the molecule is O=C(CN(CC(=O)NCCO[C@@H]1O[C@H](CO)[C@@H](O)[C@H](O)[C@@H]1O)CC(=O)NC(CCO[C@H]1O[C@H](CO)[C@@H](O)[C@H](O)[C@@H]1O)CO[C@H]1O[C@H](CO)[C@@H](O)[C@H](O)[C@@H]1O)NCCCCCC(=O)OCc1ccccc1. The van der Waals surface area contributed by atoms with E-state index in [1.54, 1.807) is 0 Å². The van der Waals surface area contributed by atoms with E-state index in [1.807, 2.05) is 30.3 Å². The third-order valence-electron chi connectivity index (χ3n) is 11.6. The van der Waals surface area contributed by atoms with Gasteiger partial charge < -0.3 is 110 Å². The lowest BCUT2D eigenvalue weighted by molar-refractivity contribution is -0.304. The summed E-state index contributed by atoms with van der Waals surface area (Å²) in [7, 11) is 0. The zero-order valence-corrected chi connectivity index (χ0v) is 38.4. The van der Waals surface area contributed by atoms with Gasteiger partial charge in [-0.3, -0.25) is 24.1 Å². The van der Waals surface area contributed by atoms with E-state index < -0.39 is 162 Å². The molecule has 27 heteroatoms. The van der Waals surface area contributed by atoms with Crippen LogP contribution in [0.5, 0.6) is 0 Å². The van der Waals surface area contributed by atoms with Crippen LogP contribution in [0.1, 0.15) is 37.7 Å². The number of benzene rings is 1. The van der Waals surface area contributed by atoms with Crippen molar-refractivity contribution in [2.75, 3.05) is 72.4 Å². The minimum atomic E-state index is -1.81. The molecule has 3 aliphatic rings. The van der Waals surface area contributed by atoms with Crippen LogP contribution in [0.15, 0.2) is 30.3 Å². The Labute approximate surface area is 402 Å². The summed E-state index contributed by atoms with van der Waals surface area (Å²) in [6.45, 7) is -4.80. The maximum absolute atomic E-state index is 13.7. The standard InChI is InChI=1S/C43H70N4O23/c48-18-25-32(55)35(58)38(61)41(68-25)64-13-10-24(22-67-43-40(63)37(60)34(57)27(20-50)70-43)46-30(53)17-47(16-29(52)45-12-14-65-42-39(62)36(59)33(56)26(19-49)69-42)15-28(51)44-11-6-2-5-9-31(54)66-21-23-7-3-1-4-8-23/h1,3-4,7-8,24-27,32-43,48-50,55-63H,2,5-6,9-22H2,(H,44,51)(H,45,52)(H,46,53)/t24?,25-,26-,27-,32-,33-,34-,35+,36+,37+,38+,39+,40+,41+,42-,43+/m1/s1. The average molecular weight is 1010 g/mol. The Morgan fingerprint density at radius 2 is 1.03 bits per heavy atom. The lowest BCUT2D eigenvalue weighted by Gasteiger charge is -2.40. The topological polar surface area (TPSA) is 415 Å². The van der Waals surface area contributed by atoms with Crippen molar-refractivity contribution in [1.82, 2.24) is 20.9 Å². The van der Waals surface area contributed by atoms with Crippen molar-refractivity contribution < 1.29 is 114 Å². The number of esters is 1. The van der Waals surface area contributed by atoms with Gasteiger partial charge in [-0.1, -0.05) is 36.8 Å². The number of aliphatic hydroxyl groups is 12. The fraction of sp³-hybridized carbons (Fsp3) is 0.767. The average Bonchev–Trinajstić information content (AvgIpc) is 3.34. The minimum absolute atomic E-state index is 0.148. The highest BCUT2D eigenvalue weighted by atomic mass is 16.7. The zero-order chi connectivity index (χ0) is 51.3. The first-order valence-corrected chi connectivity index (χ1v) is 23.0. The highest BCUT2D eigenvalue weighted by Gasteiger charge is 2.46. The number of unbranched alkanes of at least 4 members (excludes halogenated alkanes) is 2. The molecule has 400 valence electrons. The minimum Gasteiger partial charge on any atom is -0.461 e. The molecule has 0 radical (unpaired) electrons. The predicted octanol–water partition coefficient (Wildman–Crippen LogP) is -7.85. The molecule has 1 aromatic rings. The molecule has 3 heterocycles. The van der Waals surface area contributed by atoms with Gasteiger partial charge in [0.05, 0.1) is 65.3 Å². The first kappa shape index (κ1) is 58.9. The number of hydrogen-bond donors (Lipinski definition) is 15. The zero-order valence-electron chi connectivity index (χ0n) is 38.4. The Bertz CT molecular complexity index is 1700. The van der Waals surface area contributed by atoms with Crippen LogP contribution in [0.2, 0.25) is 0 Å². The van der Waals surface area contributed by atoms with Crippen molar-refractivity contribution in [3.63, 3.8) is 0 Å². The normalized spacial score (nSPS) is 31.7. The van der Waals surface area contributed by atoms with Crippen LogP contribution in [-0.2, 0) is 58.9 Å². The second kappa shape index (κ2) is 30.4. The highest BCUT2D eigenvalue weighted by Crippen LogP contribution is 2.25. The highest BCUT2D eigenvalue weighted by molar-refractivity contribution is 5.84. The van der Waals surface area contributed by atoms with E-state index in [9.17, 15) is 80.5 Å². The number of hydrogen-bond acceptors (Lipinski definition) is 24. The molecule has 1 unspecified atom stereocenters. The van der Waals surface area contributed by atoms with Crippen molar-refractivity contribution in [2.24, 2.45) is 0 Å². The van der Waals surface area contributed by atoms with Crippen LogP contribution >= 0.6 is 0 Å². The lowest BCUT2D eigenvalue weighted by atomic mass is 9.99. The molecule has 3 fully saturated rings. The molecule has 3 saturated heterocycles. The number of nitrogens with one attached hydrogen (secondary N) is 3. The van der Waals surface area contributed by atoms with Crippen LogP contribution < -0.4 is 16.0 Å². The van der Waals surface area contributed by atoms with Crippen LogP contribution in [0.25, 0.3) is 0 Å². The summed E-state index contributed by atoms with van der Waals surface area (Å²) in [4.78, 5) is 53.4. The van der Waals surface area contributed by atoms with Crippen LogP contribution in [0, 0.1) is 0 Å². The summed E-state index contributed by atoms with van der Waals surface area (Å²) < 4.78 is 38.0. The van der Waals surface area contributed by atoms with Crippen molar-refractivity contribution in [2.45, 2.75) is 137 Å². The molecule has 0 bridgehead atoms. The van der Waals surface area contributed by atoms with E-state index in [-0.39, 0.29) is 51.7 Å². The molecule has 27 nitrogen and oxygen atoms in total. The summed E-state index contributed by atoms with van der Waals surface area (Å²) in [6.07, 6.45) is -22.4. The Morgan fingerprint density at radius 1 is 0.557 bits per heavy atom. The molecule has 0 aromatic heterocycles. The lowest BCUT2D eigenvalue weighted by Crippen LogP contribution is -2.60. The van der Waals surface area contributed by atoms with Gasteiger partial charge in [0.1, 0.15) is 79.9 Å². The molecule has 0 spiro atoms. The first-order chi connectivity index (χ1) is 33.5. The van der Waals surface area contributed by atoms with E-state index in [4.69, 9.17) is 33.2 Å². The monoisotopic (exact) mass is 1010 g/mol. The molecule has 1 aromatic carbocycles. The molecule has 70 heavy (non-hydrogen) atoms. The molecule has 16 atom stereocenters. The second-order valence-corrected chi connectivity index (χ2v) is 17.0. The molecule has 3 amide bonds. The largest absolute Gasteiger partial charge is 0.461 e. The maximum atomic E-state index is 13.7. The molecule has 0 aliphatic carbocycles. The number of ether oxygens (including phenoxy) is 7. The van der Waals surface area contributed by atoms with Crippen molar-refractivity contribution in [3.05, 3.63) is 35.9 Å². The van der Waals surface area contributed by atoms with Crippen LogP contribution in [0.4, 0.5) is 0 Å². The number of carbonyl (C=O) groups is 4. The van der Waals surface area contributed by atoms with Gasteiger partial charge in [-0.2, -0.15) is 0 Å². The molecule has 0 saturated carbocycles. The quantitative estimate of drug-likeness (QED) is 0.0262. The number of aliphatic hydroxyl groups excluding tert-OH is 12. The van der Waals surface area contributed by atoms with E-state index in [1.165, 1.54) is 4.90 Å². The Hall–Kier alpha value is -3.66. The summed E-state index contributed by atoms with van der Waals surface area (Å²) >= 11 is 0. The van der Waals surface area contributed by atoms with Crippen molar-refractivity contribution in [1.29, 1.82) is 0 Å². The second-order valence-electron chi connectivity index (χ2n) is 17.0. The van der Waals surface area contributed by atoms with Crippen molar-refractivity contribution >= 4 is 23.7 Å². The number of carbonyl (C=O) groups excluding carboxylic acids is 4. The van der Waals surface area contributed by atoms with E-state index in [2.05, 4.69) is 16.0 Å². The summed E-state index contributed by atoms with van der Waals surface area (Å²) in [5.74, 6) is -2.44. The Morgan fingerprint density at radius 3 is 1.54 bits per heavy atom. The van der Waals surface area contributed by atoms with E-state index in [0.717, 1.165) is 5.56 Å². The maximum Gasteiger partial charge on any atom is 0.306 e. The third-order valence-corrected chi connectivity index (χ3v) is 11.6. The molecule has 15 N–H and O–H groups in total. The smallest absolute Gasteiger partial charge is 0.306 e. The van der Waals surface area contributed by atoms with Crippen molar-refractivity contribution in [3.8, 4) is 0 Å².